The molecule has 0 rings (SSSR count). The molecule has 0 heterocycles. The molecule has 3 unspecified atom stereocenters. The van der Waals surface area contributed by atoms with Crippen LogP contribution in [0.3, 0.4) is 0 Å². The van der Waals surface area contributed by atoms with Crippen LogP contribution >= 0.6 is 7.82 Å². The minimum Gasteiger partial charge on any atom is -0.756 e. The summed E-state index contributed by atoms with van der Waals surface area (Å²) in [4.78, 5) is 25.4. The fourth-order valence-corrected chi connectivity index (χ4v) is 8.72. The van der Waals surface area contributed by atoms with Crippen molar-refractivity contribution < 1.29 is 32.9 Å². The van der Waals surface area contributed by atoms with Gasteiger partial charge >= 0.3 is 0 Å². The van der Waals surface area contributed by atoms with Crippen LogP contribution in [0.5, 0.6) is 0 Å². The topological polar surface area (TPSA) is 108 Å². The third-order valence-corrected chi connectivity index (χ3v) is 13.4. The number of allylic oxidation sites excluding steroid dienone is 9. The highest BCUT2D eigenvalue weighted by Gasteiger charge is 2.23. The monoisotopic (exact) mass is 961 g/mol. The van der Waals surface area contributed by atoms with Crippen molar-refractivity contribution in [3.63, 3.8) is 0 Å². The van der Waals surface area contributed by atoms with Crippen LogP contribution in [0.4, 0.5) is 0 Å². The van der Waals surface area contributed by atoms with Crippen LogP contribution in [0.2, 0.25) is 0 Å². The standard InChI is InChI=1S/C58H109N2O6P/c1-6-8-10-12-14-16-18-20-22-23-24-25-26-27-28-29-30-31-32-33-34-35-36-37-38-40-42-44-46-48-50-52-58(62)59-56(55-66-67(63,64)65-54-53-60(3,4)5)57(61)51-49-47-45-43-41-39-21-19-17-15-13-11-9-7-2/h18,20,23-24,26-27,41,43,49,51,56-57,61H,6-17,19,21-22,25,28-40,42,44-48,50,52-55H2,1-5H3,(H-,59,62,63,64)/b20-18-,24-23-,27-26-,43-41+,51-49+. The number of nitrogens with one attached hydrogen (secondary N) is 1. The molecular formula is C58H109N2O6P. The van der Waals surface area contributed by atoms with Crippen LogP contribution in [0, 0.1) is 0 Å². The number of quaternary nitrogens is 1. The molecule has 0 aromatic carbocycles. The lowest BCUT2D eigenvalue weighted by Gasteiger charge is -2.29. The first-order valence-electron chi connectivity index (χ1n) is 28.2. The molecule has 0 aliphatic heterocycles. The van der Waals surface area contributed by atoms with E-state index >= 15 is 0 Å². The van der Waals surface area contributed by atoms with E-state index in [9.17, 15) is 19.4 Å². The Bertz CT molecular complexity index is 1270. The molecular weight excluding hydrogens is 852 g/mol. The summed E-state index contributed by atoms with van der Waals surface area (Å²) in [7, 11) is 1.24. The molecule has 0 fully saturated rings. The summed E-state index contributed by atoms with van der Waals surface area (Å²) < 4.78 is 23.3. The van der Waals surface area contributed by atoms with Crippen LogP contribution < -0.4 is 10.2 Å². The molecule has 8 nitrogen and oxygen atoms in total. The second kappa shape index (κ2) is 49.2. The van der Waals surface area contributed by atoms with Crippen molar-refractivity contribution in [1.82, 2.24) is 5.32 Å². The predicted molar refractivity (Wildman–Crippen MR) is 288 cm³/mol. The smallest absolute Gasteiger partial charge is 0.268 e. The third-order valence-electron chi connectivity index (χ3n) is 12.4. The van der Waals surface area contributed by atoms with E-state index in [2.05, 4.69) is 67.8 Å². The number of hydrogen-bond acceptors (Lipinski definition) is 6. The first-order valence-corrected chi connectivity index (χ1v) is 29.6. The third kappa shape index (κ3) is 51.9. The van der Waals surface area contributed by atoms with Gasteiger partial charge in [-0.2, -0.15) is 0 Å². The molecule has 0 saturated carbocycles. The van der Waals surface area contributed by atoms with E-state index in [1.165, 1.54) is 180 Å². The zero-order chi connectivity index (χ0) is 49.2. The van der Waals surface area contributed by atoms with Crippen LogP contribution in [0.1, 0.15) is 251 Å². The molecule has 0 saturated heterocycles. The van der Waals surface area contributed by atoms with Crippen molar-refractivity contribution in [3.05, 3.63) is 60.8 Å². The van der Waals surface area contributed by atoms with Crippen molar-refractivity contribution in [2.45, 2.75) is 264 Å². The quantitative estimate of drug-likeness (QED) is 0.0272. The van der Waals surface area contributed by atoms with Crippen LogP contribution in [0.25, 0.3) is 0 Å². The minimum atomic E-state index is -4.60. The van der Waals surface area contributed by atoms with Gasteiger partial charge in [0, 0.05) is 6.42 Å². The normalized spacial score (nSPS) is 14.4. The molecule has 392 valence electrons. The highest BCUT2D eigenvalue weighted by Crippen LogP contribution is 2.38. The number of aliphatic hydroxyl groups is 1. The van der Waals surface area contributed by atoms with Crippen LogP contribution in [-0.4, -0.2) is 68.5 Å². The molecule has 67 heavy (non-hydrogen) atoms. The number of nitrogens with zero attached hydrogens (tertiary/aromatic N) is 1. The van der Waals surface area contributed by atoms with Gasteiger partial charge in [0.15, 0.2) is 0 Å². The maximum Gasteiger partial charge on any atom is 0.268 e. The molecule has 1 amide bonds. The average molecular weight is 961 g/mol. The van der Waals surface area contributed by atoms with Crippen LogP contribution in [0.15, 0.2) is 60.8 Å². The number of carbonyl (C=O) groups is 1. The molecule has 2 N–H and O–H groups in total. The van der Waals surface area contributed by atoms with Crippen molar-refractivity contribution in [1.29, 1.82) is 0 Å². The molecule has 9 heteroatoms. The summed E-state index contributed by atoms with van der Waals surface area (Å²) in [5, 5.41) is 13.8. The largest absolute Gasteiger partial charge is 0.756 e. The number of phosphoric ester groups is 1. The Kier molecular flexibility index (Phi) is 47.9. The summed E-state index contributed by atoms with van der Waals surface area (Å²) in [6.45, 7) is 4.62. The first-order chi connectivity index (χ1) is 32.5. The molecule has 0 spiro atoms. The summed E-state index contributed by atoms with van der Waals surface area (Å²) in [6.07, 6.45) is 65.9. The van der Waals surface area contributed by atoms with Gasteiger partial charge in [0.25, 0.3) is 7.82 Å². The maximum atomic E-state index is 12.9. The molecule has 0 aliphatic carbocycles. The number of likely N-dealkylation sites (N-methyl/N-ethyl adjacent to an activating group) is 1. The second-order valence-electron chi connectivity index (χ2n) is 20.3. The average Bonchev–Trinajstić information content (AvgIpc) is 3.29. The van der Waals surface area contributed by atoms with E-state index in [0.29, 0.717) is 17.4 Å². The molecule has 0 aliphatic rings. The van der Waals surface area contributed by atoms with Gasteiger partial charge in [-0.1, -0.05) is 235 Å². The second-order valence-corrected chi connectivity index (χ2v) is 21.7. The van der Waals surface area contributed by atoms with Crippen LogP contribution in [-0.2, 0) is 18.4 Å². The highest BCUT2D eigenvalue weighted by molar-refractivity contribution is 7.45. The Labute approximate surface area is 415 Å². The van der Waals surface area contributed by atoms with Gasteiger partial charge in [-0.3, -0.25) is 9.36 Å². The Morgan fingerprint density at radius 1 is 0.522 bits per heavy atom. The molecule has 3 atom stereocenters. The van der Waals surface area contributed by atoms with Crippen molar-refractivity contribution >= 4 is 13.7 Å². The summed E-state index contributed by atoms with van der Waals surface area (Å²) in [5.74, 6) is -0.207. The van der Waals surface area contributed by atoms with E-state index in [1.54, 1.807) is 6.08 Å². The molecule has 0 radical (unpaired) electrons. The van der Waals surface area contributed by atoms with Crippen molar-refractivity contribution in [2.24, 2.45) is 0 Å². The Morgan fingerprint density at radius 3 is 1.31 bits per heavy atom. The number of carbonyl (C=O) groups excluding carboxylic acids is 1. The number of aliphatic hydroxyl groups excluding tert-OH is 1. The van der Waals surface area contributed by atoms with Crippen molar-refractivity contribution in [3.8, 4) is 0 Å². The summed E-state index contributed by atoms with van der Waals surface area (Å²) in [5.41, 5.74) is 0. The van der Waals surface area contributed by atoms with Gasteiger partial charge < -0.3 is 28.8 Å². The number of rotatable bonds is 51. The summed E-state index contributed by atoms with van der Waals surface area (Å²) in [6, 6.07) is -0.904. The molecule has 0 aromatic rings. The van der Waals surface area contributed by atoms with E-state index in [0.717, 1.165) is 51.4 Å². The number of hydrogen-bond donors (Lipinski definition) is 2. The lowest BCUT2D eigenvalue weighted by atomic mass is 10.0. The fourth-order valence-electron chi connectivity index (χ4n) is 8.00. The SMILES string of the molecule is CCCCCCC/C=C\C/C=C\C/C=C\CCCCCCCCCCCCCCCCCCC(=O)NC(COP(=O)([O-])OCC[N+](C)(C)C)C(O)/C=C/CC/C=C/CCCCCCCCCC. The lowest BCUT2D eigenvalue weighted by molar-refractivity contribution is -0.870. The molecule has 0 aromatic heterocycles. The number of phosphoric acid groups is 1. The maximum absolute atomic E-state index is 12.9. The zero-order valence-corrected chi connectivity index (χ0v) is 45.5. The van der Waals surface area contributed by atoms with Gasteiger partial charge in [-0.15, -0.1) is 0 Å². The van der Waals surface area contributed by atoms with Crippen molar-refractivity contribution in [2.75, 3.05) is 40.9 Å². The van der Waals surface area contributed by atoms with E-state index in [4.69, 9.17) is 9.05 Å². The van der Waals surface area contributed by atoms with Gasteiger partial charge in [0.1, 0.15) is 13.2 Å². The fraction of sp³-hybridized carbons (Fsp3) is 0.810. The highest BCUT2D eigenvalue weighted by atomic mass is 31.2. The van der Waals surface area contributed by atoms with E-state index in [-0.39, 0.29) is 12.5 Å². The Balaban J connectivity index is 4.11. The van der Waals surface area contributed by atoms with E-state index in [1.807, 2.05) is 27.2 Å². The van der Waals surface area contributed by atoms with Gasteiger partial charge in [0.05, 0.1) is 39.9 Å². The zero-order valence-electron chi connectivity index (χ0n) is 44.6. The molecule has 0 bridgehead atoms. The number of unbranched alkanes of at least 4 members (excludes halogenated alkanes) is 30. The first kappa shape index (κ1) is 65.2. The Hall–Kier alpha value is -1.80. The van der Waals surface area contributed by atoms with Gasteiger partial charge in [-0.25, -0.2) is 0 Å². The predicted octanol–water partition coefficient (Wildman–Crippen LogP) is 16.3. The summed E-state index contributed by atoms with van der Waals surface area (Å²) >= 11 is 0. The number of amides is 1. The minimum absolute atomic E-state index is 0.00723. The van der Waals surface area contributed by atoms with Gasteiger partial charge in [0.2, 0.25) is 5.91 Å². The van der Waals surface area contributed by atoms with Gasteiger partial charge in [-0.05, 0) is 70.6 Å². The Morgan fingerprint density at radius 2 is 0.881 bits per heavy atom. The lowest BCUT2D eigenvalue weighted by Crippen LogP contribution is -2.45. The van der Waals surface area contributed by atoms with E-state index < -0.39 is 26.6 Å².